The van der Waals surface area contributed by atoms with Crippen LogP contribution in [0.3, 0.4) is 0 Å². The molecule has 0 saturated heterocycles. The van der Waals surface area contributed by atoms with Gasteiger partial charge in [-0.1, -0.05) is 0 Å². The van der Waals surface area contributed by atoms with Gasteiger partial charge >= 0.3 is 0 Å². The zero-order valence-electron chi connectivity index (χ0n) is 16.4. The number of nitrogen functional groups attached to an aromatic ring is 2. The molecule has 0 spiro atoms. The first kappa shape index (κ1) is 24.3. The second-order valence-electron chi connectivity index (χ2n) is 6.08. The lowest BCUT2D eigenvalue weighted by atomic mass is 10.2. The number of aliphatic hydroxyl groups is 1. The molecule has 0 fully saturated rings. The van der Waals surface area contributed by atoms with Crippen LogP contribution in [0.4, 0.5) is 0 Å². The fourth-order valence-electron chi connectivity index (χ4n) is 2.22. The molecule has 2 aromatic carbocycles. The van der Waals surface area contributed by atoms with Crippen molar-refractivity contribution in [3.8, 4) is 11.5 Å². The molecule has 0 aliphatic carbocycles. The molecular formula is C21H30N4O3S. The van der Waals surface area contributed by atoms with Crippen molar-refractivity contribution >= 4 is 24.3 Å². The number of rotatable bonds is 11. The highest BCUT2D eigenvalue weighted by atomic mass is 32.1. The molecule has 29 heavy (non-hydrogen) atoms. The van der Waals surface area contributed by atoms with Gasteiger partial charge in [-0.05, 0) is 67.8 Å². The molecule has 158 valence electrons. The van der Waals surface area contributed by atoms with E-state index in [4.69, 9.17) is 36.9 Å². The Bertz CT molecular complexity index is 673. The minimum Gasteiger partial charge on any atom is -0.494 e. The number of hydrogen-bond acceptors (Lipinski definition) is 6. The molecule has 0 heterocycles. The zero-order chi connectivity index (χ0) is 21.5. The standard InChI is InChI=1S/C19H24N4O2.C2H6OS/c20-18(21)14-4-8-16(9-5-14)24-12-2-1-3-13-25-17-10-6-15(7-11-17)19(22)23;3-1-2-4/h4-11H,1-3,12-13H2,(H3,20,21)(H3,22,23);3-4H,1-2H2. The van der Waals surface area contributed by atoms with Crippen LogP contribution in [-0.2, 0) is 0 Å². The average molecular weight is 419 g/mol. The number of amidine groups is 2. The monoisotopic (exact) mass is 418 g/mol. The molecule has 2 rings (SSSR count). The van der Waals surface area contributed by atoms with E-state index < -0.39 is 0 Å². The normalized spacial score (nSPS) is 9.86. The van der Waals surface area contributed by atoms with Gasteiger partial charge in [0.15, 0.2) is 0 Å². The van der Waals surface area contributed by atoms with Crippen LogP contribution in [0.15, 0.2) is 48.5 Å². The number of unbranched alkanes of at least 4 members (excludes halogenated alkanes) is 2. The predicted molar refractivity (Wildman–Crippen MR) is 121 cm³/mol. The quantitative estimate of drug-likeness (QED) is 0.144. The molecule has 7 N–H and O–H groups in total. The third kappa shape index (κ3) is 10.4. The molecule has 0 amide bonds. The van der Waals surface area contributed by atoms with Gasteiger partial charge in [0.2, 0.25) is 0 Å². The summed E-state index contributed by atoms with van der Waals surface area (Å²) < 4.78 is 11.3. The molecule has 0 unspecified atom stereocenters. The van der Waals surface area contributed by atoms with Crippen molar-refractivity contribution in [3.05, 3.63) is 59.7 Å². The Morgan fingerprint density at radius 1 is 0.759 bits per heavy atom. The summed E-state index contributed by atoms with van der Waals surface area (Å²) in [5, 5.41) is 22.5. The van der Waals surface area contributed by atoms with E-state index in [1.807, 2.05) is 24.3 Å². The maximum Gasteiger partial charge on any atom is 0.122 e. The molecule has 0 aromatic heterocycles. The van der Waals surface area contributed by atoms with Crippen LogP contribution in [0.1, 0.15) is 30.4 Å². The molecule has 0 saturated carbocycles. The van der Waals surface area contributed by atoms with Crippen LogP contribution in [0, 0.1) is 10.8 Å². The lowest BCUT2D eigenvalue weighted by Crippen LogP contribution is -2.10. The summed E-state index contributed by atoms with van der Waals surface area (Å²) in [7, 11) is 0. The van der Waals surface area contributed by atoms with Crippen LogP contribution in [0.2, 0.25) is 0 Å². The number of nitrogens with one attached hydrogen (secondary N) is 2. The van der Waals surface area contributed by atoms with E-state index in [0.29, 0.717) is 30.1 Å². The van der Waals surface area contributed by atoms with Crippen LogP contribution in [0.5, 0.6) is 11.5 Å². The van der Waals surface area contributed by atoms with Gasteiger partial charge in [0.1, 0.15) is 23.2 Å². The highest BCUT2D eigenvalue weighted by molar-refractivity contribution is 7.80. The van der Waals surface area contributed by atoms with E-state index in [1.54, 1.807) is 24.3 Å². The van der Waals surface area contributed by atoms with Gasteiger partial charge in [-0.15, -0.1) is 0 Å². The van der Waals surface area contributed by atoms with Crippen molar-refractivity contribution in [3.63, 3.8) is 0 Å². The minimum atomic E-state index is 0.0579. The molecule has 0 aliphatic heterocycles. The first-order chi connectivity index (χ1) is 14.0. The third-order valence-electron chi connectivity index (χ3n) is 3.76. The first-order valence-electron chi connectivity index (χ1n) is 9.34. The molecule has 8 heteroatoms. The lowest BCUT2D eigenvalue weighted by Gasteiger charge is -2.08. The molecule has 7 nitrogen and oxygen atoms in total. The fourth-order valence-corrected chi connectivity index (χ4v) is 2.22. The molecule has 0 radical (unpaired) electrons. The van der Waals surface area contributed by atoms with Crippen LogP contribution in [0.25, 0.3) is 0 Å². The number of aliphatic hydroxyl groups excluding tert-OH is 1. The third-order valence-corrected chi connectivity index (χ3v) is 3.96. The Balaban J connectivity index is 0.000000960. The van der Waals surface area contributed by atoms with E-state index in [-0.39, 0.29) is 18.3 Å². The number of benzene rings is 2. The topological polar surface area (TPSA) is 138 Å². The fraction of sp³-hybridized carbons (Fsp3) is 0.333. The number of ether oxygens (including phenoxy) is 2. The predicted octanol–water partition coefficient (Wildman–Crippen LogP) is 2.79. The van der Waals surface area contributed by atoms with Crippen molar-refractivity contribution in [2.24, 2.45) is 11.5 Å². The molecule has 0 aliphatic rings. The van der Waals surface area contributed by atoms with Gasteiger partial charge in [-0.3, -0.25) is 10.8 Å². The van der Waals surface area contributed by atoms with Crippen molar-refractivity contribution in [2.45, 2.75) is 19.3 Å². The second-order valence-corrected chi connectivity index (χ2v) is 6.53. The number of hydrogen-bond donors (Lipinski definition) is 6. The summed E-state index contributed by atoms with van der Waals surface area (Å²) >= 11 is 3.67. The van der Waals surface area contributed by atoms with Gasteiger partial charge in [0.25, 0.3) is 0 Å². The highest BCUT2D eigenvalue weighted by Crippen LogP contribution is 2.14. The Labute approximate surface area is 177 Å². The number of nitrogens with two attached hydrogens (primary N) is 2. The summed E-state index contributed by atoms with van der Waals surface area (Å²) in [6.45, 7) is 1.47. The highest BCUT2D eigenvalue weighted by Gasteiger charge is 1.99. The lowest BCUT2D eigenvalue weighted by molar-refractivity contribution is 0.279. The van der Waals surface area contributed by atoms with Crippen molar-refractivity contribution < 1.29 is 14.6 Å². The summed E-state index contributed by atoms with van der Waals surface area (Å²) in [6.07, 6.45) is 2.90. The Morgan fingerprint density at radius 2 is 1.10 bits per heavy atom. The van der Waals surface area contributed by atoms with Crippen LogP contribution < -0.4 is 20.9 Å². The molecular weight excluding hydrogens is 388 g/mol. The van der Waals surface area contributed by atoms with Crippen molar-refractivity contribution in [1.29, 1.82) is 10.8 Å². The van der Waals surface area contributed by atoms with E-state index >= 15 is 0 Å². The van der Waals surface area contributed by atoms with Gasteiger partial charge in [-0.25, -0.2) is 0 Å². The van der Waals surface area contributed by atoms with Gasteiger partial charge in [0.05, 0.1) is 19.8 Å². The summed E-state index contributed by atoms with van der Waals surface area (Å²) in [6, 6.07) is 14.4. The van der Waals surface area contributed by atoms with E-state index in [0.717, 1.165) is 30.8 Å². The smallest absolute Gasteiger partial charge is 0.122 e. The van der Waals surface area contributed by atoms with Gasteiger partial charge in [-0.2, -0.15) is 12.6 Å². The molecule has 0 atom stereocenters. The van der Waals surface area contributed by atoms with Crippen molar-refractivity contribution in [2.75, 3.05) is 25.6 Å². The Hall–Kier alpha value is -2.71. The summed E-state index contributed by atoms with van der Waals surface area (Å²) in [5.74, 6) is 2.25. The average Bonchev–Trinajstić information content (AvgIpc) is 2.74. The second kappa shape index (κ2) is 14.3. The van der Waals surface area contributed by atoms with Gasteiger partial charge < -0.3 is 26.0 Å². The van der Waals surface area contributed by atoms with Crippen LogP contribution >= 0.6 is 12.6 Å². The summed E-state index contributed by atoms with van der Waals surface area (Å²) in [5.41, 5.74) is 12.2. The van der Waals surface area contributed by atoms with E-state index in [1.165, 1.54) is 0 Å². The zero-order valence-corrected chi connectivity index (χ0v) is 17.3. The first-order valence-corrected chi connectivity index (χ1v) is 9.97. The van der Waals surface area contributed by atoms with Gasteiger partial charge in [0, 0.05) is 16.9 Å². The Kier molecular flexibility index (Phi) is 12.0. The maximum atomic E-state index is 7.80. The molecule has 0 bridgehead atoms. The summed E-state index contributed by atoms with van der Waals surface area (Å²) in [4.78, 5) is 0. The maximum absolute atomic E-state index is 7.80. The van der Waals surface area contributed by atoms with Crippen molar-refractivity contribution in [1.82, 2.24) is 0 Å². The van der Waals surface area contributed by atoms with E-state index in [2.05, 4.69) is 12.6 Å². The SMILES string of the molecule is N=C(N)c1ccc(OCCCCCOc2ccc(C(=N)N)cc2)cc1.OCCS. The number of thiol groups is 1. The Morgan fingerprint density at radius 3 is 1.38 bits per heavy atom. The van der Waals surface area contributed by atoms with E-state index in [9.17, 15) is 0 Å². The molecule has 2 aromatic rings. The van der Waals surface area contributed by atoms with Crippen LogP contribution in [-0.4, -0.2) is 42.4 Å². The largest absolute Gasteiger partial charge is 0.494 e. The minimum absolute atomic E-state index is 0.0579.